The lowest BCUT2D eigenvalue weighted by atomic mass is 10.1. The Morgan fingerprint density at radius 2 is 1.96 bits per heavy atom. The fourth-order valence-electron chi connectivity index (χ4n) is 2.65. The number of halogens is 1. The lowest BCUT2D eigenvalue weighted by molar-refractivity contribution is 0.412. The smallest absolute Gasteiger partial charge is 0.191 e. The van der Waals surface area contributed by atoms with Crippen molar-refractivity contribution in [1.82, 2.24) is 14.8 Å². The second-order valence-electron chi connectivity index (χ2n) is 5.62. The zero-order valence-corrected chi connectivity index (χ0v) is 16.9. The van der Waals surface area contributed by atoms with Gasteiger partial charge in [-0.2, -0.15) is 0 Å². The lowest BCUT2D eigenvalue weighted by Gasteiger charge is -2.09. The van der Waals surface area contributed by atoms with Crippen LogP contribution in [-0.2, 0) is 12.3 Å². The lowest BCUT2D eigenvalue weighted by Crippen LogP contribution is -2.00. The normalized spacial score (nSPS) is 10.9. The highest BCUT2D eigenvalue weighted by Gasteiger charge is 2.14. The van der Waals surface area contributed by atoms with Crippen molar-refractivity contribution in [3.05, 3.63) is 58.1 Å². The Kier molecular flexibility index (Phi) is 5.81. The molecule has 1 heterocycles. The van der Waals surface area contributed by atoms with E-state index in [9.17, 15) is 0 Å². The third-order valence-electron chi connectivity index (χ3n) is 4.00. The van der Waals surface area contributed by atoms with Crippen LogP contribution in [0.5, 0.6) is 5.75 Å². The minimum Gasteiger partial charge on any atom is -0.496 e. The van der Waals surface area contributed by atoms with Crippen LogP contribution in [0.1, 0.15) is 18.1 Å². The van der Waals surface area contributed by atoms with Crippen LogP contribution in [0.25, 0.3) is 11.4 Å². The minimum atomic E-state index is 0.828. The van der Waals surface area contributed by atoms with Crippen LogP contribution in [0.3, 0.4) is 0 Å². The van der Waals surface area contributed by atoms with E-state index in [0.29, 0.717) is 0 Å². The number of ether oxygens (including phenoxy) is 1. The average Bonchev–Trinajstić information content (AvgIpc) is 3.03. The summed E-state index contributed by atoms with van der Waals surface area (Å²) >= 11 is 5.23. The van der Waals surface area contributed by atoms with Gasteiger partial charge in [0.25, 0.3) is 0 Å². The first-order valence-electron chi connectivity index (χ1n) is 8.08. The number of benzene rings is 2. The summed E-state index contributed by atoms with van der Waals surface area (Å²) in [7, 11) is 1.67. The summed E-state index contributed by atoms with van der Waals surface area (Å²) in [6.07, 6.45) is 0. The Labute approximate surface area is 160 Å². The highest BCUT2D eigenvalue weighted by molar-refractivity contribution is 9.10. The summed E-state index contributed by atoms with van der Waals surface area (Å²) in [4.78, 5) is 0. The standard InChI is InChI=1S/C19H20BrN3OS/c1-4-23-18(15-8-6-5-7-13(15)2)21-22-19(23)25-12-14-9-10-17(24-3)16(20)11-14/h5-11H,4,12H2,1-3H3. The third-order valence-corrected chi connectivity index (χ3v) is 5.66. The monoisotopic (exact) mass is 417 g/mol. The summed E-state index contributed by atoms with van der Waals surface area (Å²) in [5, 5.41) is 9.79. The van der Waals surface area contributed by atoms with Crippen LogP contribution in [0.15, 0.2) is 52.1 Å². The van der Waals surface area contributed by atoms with Crippen molar-refractivity contribution in [2.45, 2.75) is 31.3 Å². The highest BCUT2D eigenvalue weighted by atomic mass is 79.9. The van der Waals surface area contributed by atoms with E-state index < -0.39 is 0 Å². The molecule has 4 nitrogen and oxygen atoms in total. The average molecular weight is 418 g/mol. The first kappa shape index (κ1) is 18.0. The quantitative estimate of drug-likeness (QED) is 0.507. The Balaban J connectivity index is 1.82. The molecule has 25 heavy (non-hydrogen) atoms. The van der Waals surface area contributed by atoms with E-state index in [1.54, 1.807) is 18.9 Å². The molecule has 0 aliphatic rings. The first-order chi connectivity index (χ1) is 12.1. The fourth-order valence-corrected chi connectivity index (χ4v) is 4.18. The Morgan fingerprint density at radius 3 is 2.64 bits per heavy atom. The largest absolute Gasteiger partial charge is 0.496 e. The van der Waals surface area contributed by atoms with Crippen LogP contribution in [0.4, 0.5) is 0 Å². The van der Waals surface area contributed by atoms with Gasteiger partial charge in [0.1, 0.15) is 5.75 Å². The molecular formula is C19H20BrN3OS. The zero-order valence-electron chi connectivity index (χ0n) is 14.5. The molecular weight excluding hydrogens is 398 g/mol. The van der Waals surface area contributed by atoms with Gasteiger partial charge in [0.15, 0.2) is 11.0 Å². The number of aromatic nitrogens is 3. The molecule has 1 aromatic heterocycles. The van der Waals surface area contributed by atoms with Crippen molar-refractivity contribution in [2.75, 3.05) is 7.11 Å². The van der Waals surface area contributed by atoms with Gasteiger partial charge in [0, 0.05) is 17.9 Å². The maximum Gasteiger partial charge on any atom is 0.191 e. The van der Waals surface area contributed by atoms with Gasteiger partial charge in [-0.1, -0.05) is 42.1 Å². The molecule has 0 saturated heterocycles. The van der Waals surface area contributed by atoms with Gasteiger partial charge in [0.05, 0.1) is 11.6 Å². The van der Waals surface area contributed by atoms with E-state index in [0.717, 1.165) is 39.1 Å². The Hall–Kier alpha value is -1.79. The molecule has 2 aromatic carbocycles. The predicted molar refractivity (Wildman–Crippen MR) is 106 cm³/mol. The first-order valence-corrected chi connectivity index (χ1v) is 9.86. The molecule has 3 rings (SSSR count). The Morgan fingerprint density at radius 1 is 1.16 bits per heavy atom. The molecule has 0 amide bonds. The molecule has 0 N–H and O–H groups in total. The maximum absolute atomic E-state index is 5.28. The van der Waals surface area contributed by atoms with E-state index in [4.69, 9.17) is 4.74 Å². The van der Waals surface area contributed by atoms with Crippen molar-refractivity contribution >= 4 is 27.7 Å². The van der Waals surface area contributed by atoms with E-state index >= 15 is 0 Å². The number of methoxy groups -OCH3 is 1. The zero-order chi connectivity index (χ0) is 17.8. The van der Waals surface area contributed by atoms with Crippen LogP contribution in [0, 0.1) is 6.92 Å². The van der Waals surface area contributed by atoms with Crippen molar-refractivity contribution in [2.24, 2.45) is 0 Å². The van der Waals surface area contributed by atoms with E-state index in [2.05, 4.69) is 68.8 Å². The molecule has 130 valence electrons. The van der Waals surface area contributed by atoms with Crippen molar-refractivity contribution in [3.8, 4) is 17.1 Å². The van der Waals surface area contributed by atoms with E-state index in [1.165, 1.54) is 11.1 Å². The topological polar surface area (TPSA) is 39.9 Å². The number of hydrogen-bond donors (Lipinski definition) is 0. The van der Waals surface area contributed by atoms with Crippen molar-refractivity contribution in [1.29, 1.82) is 0 Å². The van der Waals surface area contributed by atoms with Gasteiger partial charge in [0.2, 0.25) is 0 Å². The summed E-state index contributed by atoms with van der Waals surface area (Å²) in [6, 6.07) is 14.4. The number of hydrogen-bond acceptors (Lipinski definition) is 4. The van der Waals surface area contributed by atoms with Gasteiger partial charge in [-0.15, -0.1) is 10.2 Å². The van der Waals surface area contributed by atoms with Gasteiger partial charge in [-0.25, -0.2) is 0 Å². The van der Waals surface area contributed by atoms with Gasteiger partial charge < -0.3 is 9.30 Å². The van der Waals surface area contributed by atoms with Gasteiger partial charge >= 0.3 is 0 Å². The number of thioether (sulfide) groups is 1. The summed E-state index contributed by atoms with van der Waals surface area (Å²) < 4.78 is 8.42. The van der Waals surface area contributed by atoms with Crippen LogP contribution in [0.2, 0.25) is 0 Å². The number of rotatable bonds is 6. The van der Waals surface area contributed by atoms with Crippen molar-refractivity contribution < 1.29 is 4.74 Å². The third kappa shape index (κ3) is 3.90. The molecule has 0 unspecified atom stereocenters. The highest BCUT2D eigenvalue weighted by Crippen LogP contribution is 2.30. The molecule has 0 radical (unpaired) electrons. The number of nitrogens with zero attached hydrogens (tertiary/aromatic N) is 3. The minimum absolute atomic E-state index is 0.828. The van der Waals surface area contributed by atoms with E-state index in [-0.39, 0.29) is 0 Å². The van der Waals surface area contributed by atoms with E-state index in [1.807, 2.05) is 18.2 Å². The fraction of sp³-hybridized carbons (Fsp3) is 0.263. The molecule has 0 bridgehead atoms. The SMILES string of the molecule is CCn1c(SCc2ccc(OC)c(Br)c2)nnc1-c1ccccc1C. The second kappa shape index (κ2) is 8.06. The molecule has 0 saturated carbocycles. The molecule has 6 heteroatoms. The summed E-state index contributed by atoms with van der Waals surface area (Å²) in [5.74, 6) is 2.60. The molecule has 3 aromatic rings. The second-order valence-corrected chi connectivity index (χ2v) is 7.42. The van der Waals surface area contributed by atoms with Gasteiger partial charge in [-0.05, 0) is 53.0 Å². The predicted octanol–water partition coefficient (Wildman–Crippen LogP) is 5.34. The molecule has 0 fully saturated rings. The summed E-state index contributed by atoms with van der Waals surface area (Å²) in [5.41, 5.74) is 3.55. The van der Waals surface area contributed by atoms with Crippen LogP contribution in [-0.4, -0.2) is 21.9 Å². The number of aryl methyl sites for hydroxylation is 1. The maximum atomic E-state index is 5.28. The van der Waals surface area contributed by atoms with Gasteiger partial charge in [-0.3, -0.25) is 0 Å². The molecule has 0 aliphatic carbocycles. The summed E-state index contributed by atoms with van der Waals surface area (Å²) in [6.45, 7) is 5.07. The van der Waals surface area contributed by atoms with Crippen LogP contribution >= 0.6 is 27.7 Å². The van der Waals surface area contributed by atoms with Crippen molar-refractivity contribution in [3.63, 3.8) is 0 Å². The van der Waals surface area contributed by atoms with Crippen LogP contribution < -0.4 is 4.74 Å². The molecule has 0 spiro atoms. The molecule has 0 atom stereocenters. The Bertz CT molecular complexity index is 879. The molecule has 0 aliphatic heterocycles.